The predicted octanol–water partition coefficient (Wildman–Crippen LogP) is 6.57. The van der Waals surface area contributed by atoms with E-state index < -0.39 is 0 Å². The maximum Gasteiger partial charge on any atom is 0.338 e. The van der Waals surface area contributed by atoms with E-state index in [1.165, 1.54) is 89.4 Å². The van der Waals surface area contributed by atoms with E-state index in [0.717, 1.165) is 19.4 Å². The first-order chi connectivity index (χ1) is 14.2. The van der Waals surface area contributed by atoms with Crippen LogP contribution >= 0.6 is 0 Å². The smallest absolute Gasteiger partial charge is 0.338 e. The molecule has 0 aliphatic heterocycles. The molecule has 0 fully saturated rings. The molecule has 0 spiro atoms. The van der Waals surface area contributed by atoms with Gasteiger partial charge in [-0.2, -0.15) is 0 Å². The quantitative estimate of drug-likeness (QED) is 0.222. The SMILES string of the molecule is CCCCCCCN(CCCCCCC)CCCCOC(=O)c1ccc(O)cc1. The standard InChI is InChI=1S/C25H43NO3/c1-3-5-7-9-11-19-26(20-12-10-8-6-4-2)21-13-14-22-29-25(28)23-15-17-24(27)18-16-23/h15-18,27H,3-14,19-22H2,1-2H3. The number of carbonyl (C=O) groups excluding carboxylic acids is 1. The molecule has 0 aliphatic rings. The first kappa shape index (κ1) is 25.5. The molecule has 0 radical (unpaired) electrons. The Balaban J connectivity index is 2.22. The summed E-state index contributed by atoms with van der Waals surface area (Å²) in [6.45, 7) is 8.47. The van der Waals surface area contributed by atoms with Crippen molar-refractivity contribution in [3.8, 4) is 5.75 Å². The molecule has 1 aromatic rings. The number of hydrogen-bond donors (Lipinski definition) is 1. The molecule has 4 heteroatoms. The second-order valence-corrected chi connectivity index (χ2v) is 8.06. The van der Waals surface area contributed by atoms with Crippen LogP contribution in [0.3, 0.4) is 0 Å². The number of benzene rings is 1. The Kier molecular flexibility index (Phi) is 15.2. The van der Waals surface area contributed by atoms with Gasteiger partial charge in [0.1, 0.15) is 5.75 Å². The topological polar surface area (TPSA) is 49.8 Å². The Morgan fingerprint density at radius 1 is 0.759 bits per heavy atom. The van der Waals surface area contributed by atoms with E-state index in [0.29, 0.717) is 12.2 Å². The second kappa shape index (κ2) is 17.3. The normalized spacial score (nSPS) is 11.1. The minimum Gasteiger partial charge on any atom is -0.508 e. The molecule has 166 valence electrons. The number of hydrogen-bond acceptors (Lipinski definition) is 4. The lowest BCUT2D eigenvalue weighted by Crippen LogP contribution is -2.27. The van der Waals surface area contributed by atoms with Gasteiger partial charge >= 0.3 is 5.97 Å². The largest absolute Gasteiger partial charge is 0.508 e. The van der Waals surface area contributed by atoms with Crippen molar-refractivity contribution in [3.63, 3.8) is 0 Å². The Bertz CT molecular complexity index is 501. The number of esters is 1. The molecule has 4 nitrogen and oxygen atoms in total. The molecule has 0 heterocycles. The Morgan fingerprint density at radius 3 is 1.76 bits per heavy atom. The van der Waals surface area contributed by atoms with Gasteiger partial charge in [-0.05, 0) is 69.6 Å². The summed E-state index contributed by atoms with van der Waals surface area (Å²) in [6, 6.07) is 6.21. The van der Waals surface area contributed by atoms with Gasteiger partial charge in [0.2, 0.25) is 0 Å². The van der Waals surface area contributed by atoms with Gasteiger partial charge in [0.05, 0.1) is 12.2 Å². The molecule has 0 aromatic heterocycles. The molecule has 0 saturated carbocycles. The van der Waals surface area contributed by atoms with Crippen LogP contribution < -0.4 is 0 Å². The third kappa shape index (κ3) is 13.3. The fourth-order valence-electron chi connectivity index (χ4n) is 3.50. The number of carbonyl (C=O) groups is 1. The summed E-state index contributed by atoms with van der Waals surface area (Å²) >= 11 is 0. The molecule has 0 unspecified atom stereocenters. The maximum atomic E-state index is 12.0. The van der Waals surface area contributed by atoms with E-state index >= 15 is 0 Å². The molecule has 0 amide bonds. The number of nitrogens with zero attached hydrogens (tertiary/aromatic N) is 1. The number of phenolic OH excluding ortho intramolecular Hbond substituents is 1. The second-order valence-electron chi connectivity index (χ2n) is 8.06. The molecule has 0 saturated heterocycles. The van der Waals surface area contributed by atoms with Crippen LogP contribution in [0.2, 0.25) is 0 Å². The summed E-state index contributed by atoms with van der Waals surface area (Å²) in [7, 11) is 0. The van der Waals surface area contributed by atoms with Crippen LogP contribution in [-0.2, 0) is 4.74 Å². The number of aromatic hydroxyl groups is 1. The average molecular weight is 406 g/mol. The molecule has 29 heavy (non-hydrogen) atoms. The van der Waals surface area contributed by atoms with Gasteiger partial charge in [-0.15, -0.1) is 0 Å². The van der Waals surface area contributed by atoms with Crippen molar-refractivity contribution < 1.29 is 14.6 Å². The zero-order chi connectivity index (χ0) is 21.2. The van der Waals surface area contributed by atoms with E-state index in [4.69, 9.17) is 4.74 Å². The Labute approximate surface area is 178 Å². The van der Waals surface area contributed by atoms with Gasteiger partial charge in [0.15, 0.2) is 0 Å². The van der Waals surface area contributed by atoms with Crippen molar-refractivity contribution in [1.82, 2.24) is 4.90 Å². The lowest BCUT2D eigenvalue weighted by atomic mass is 10.1. The van der Waals surface area contributed by atoms with Crippen molar-refractivity contribution >= 4 is 5.97 Å². The lowest BCUT2D eigenvalue weighted by molar-refractivity contribution is 0.0495. The molecule has 0 aliphatic carbocycles. The first-order valence-corrected chi connectivity index (χ1v) is 11.9. The minimum atomic E-state index is -0.311. The van der Waals surface area contributed by atoms with Crippen LogP contribution in [0, 0.1) is 0 Å². The summed E-state index contributed by atoms with van der Waals surface area (Å²) in [5.41, 5.74) is 0.489. The summed E-state index contributed by atoms with van der Waals surface area (Å²) < 4.78 is 5.36. The van der Waals surface area contributed by atoms with Crippen LogP contribution in [0.15, 0.2) is 24.3 Å². The summed E-state index contributed by atoms with van der Waals surface area (Å²) in [5.74, 6) is -0.153. The van der Waals surface area contributed by atoms with Crippen LogP contribution in [0.1, 0.15) is 101 Å². The van der Waals surface area contributed by atoms with Gasteiger partial charge in [-0.3, -0.25) is 0 Å². The Morgan fingerprint density at radius 2 is 1.24 bits per heavy atom. The monoisotopic (exact) mass is 405 g/mol. The molecular weight excluding hydrogens is 362 g/mol. The number of phenols is 1. The molecule has 1 rings (SSSR count). The van der Waals surface area contributed by atoms with Gasteiger partial charge < -0.3 is 14.7 Å². The lowest BCUT2D eigenvalue weighted by Gasteiger charge is -2.22. The average Bonchev–Trinajstić information content (AvgIpc) is 2.73. The van der Waals surface area contributed by atoms with Crippen LogP contribution in [0.4, 0.5) is 0 Å². The highest BCUT2D eigenvalue weighted by Crippen LogP contribution is 2.11. The molecule has 0 atom stereocenters. The highest BCUT2D eigenvalue weighted by Gasteiger charge is 2.08. The number of rotatable bonds is 18. The van der Waals surface area contributed by atoms with Crippen molar-refractivity contribution in [2.45, 2.75) is 90.9 Å². The first-order valence-electron chi connectivity index (χ1n) is 11.9. The zero-order valence-corrected chi connectivity index (χ0v) is 18.8. The predicted molar refractivity (Wildman–Crippen MR) is 122 cm³/mol. The number of unbranched alkanes of at least 4 members (excludes halogenated alkanes) is 9. The highest BCUT2D eigenvalue weighted by atomic mass is 16.5. The molecule has 0 bridgehead atoms. The maximum absolute atomic E-state index is 12.0. The van der Waals surface area contributed by atoms with Crippen molar-refractivity contribution in [2.24, 2.45) is 0 Å². The third-order valence-corrected chi connectivity index (χ3v) is 5.36. The van der Waals surface area contributed by atoms with Gasteiger partial charge in [-0.25, -0.2) is 4.79 Å². The fourth-order valence-corrected chi connectivity index (χ4v) is 3.50. The molecule has 1 aromatic carbocycles. The van der Waals surface area contributed by atoms with Crippen molar-refractivity contribution in [3.05, 3.63) is 29.8 Å². The molecule has 1 N–H and O–H groups in total. The van der Waals surface area contributed by atoms with Crippen LogP contribution in [0.5, 0.6) is 5.75 Å². The van der Waals surface area contributed by atoms with E-state index in [9.17, 15) is 9.90 Å². The van der Waals surface area contributed by atoms with Crippen molar-refractivity contribution in [2.75, 3.05) is 26.2 Å². The van der Waals surface area contributed by atoms with Crippen LogP contribution in [-0.4, -0.2) is 42.2 Å². The summed E-state index contributed by atoms with van der Waals surface area (Å²) in [5, 5.41) is 9.29. The fraction of sp³-hybridized carbons (Fsp3) is 0.720. The van der Waals surface area contributed by atoms with E-state index in [-0.39, 0.29) is 11.7 Å². The minimum absolute atomic E-state index is 0.158. The highest BCUT2D eigenvalue weighted by molar-refractivity contribution is 5.89. The summed E-state index contributed by atoms with van der Waals surface area (Å²) in [6.07, 6.45) is 15.2. The Hall–Kier alpha value is -1.55. The van der Waals surface area contributed by atoms with E-state index in [1.54, 1.807) is 12.1 Å². The molecular formula is C25H43NO3. The van der Waals surface area contributed by atoms with Crippen LogP contribution in [0.25, 0.3) is 0 Å². The van der Waals surface area contributed by atoms with Gasteiger partial charge in [0.25, 0.3) is 0 Å². The van der Waals surface area contributed by atoms with E-state index in [2.05, 4.69) is 18.7 Å². The van der Waals surface area contributed by atoms with Gasteiger partial charge in [0, 0.05) is 0 Å². The third-order valence-electron chi connectivity index (χ3n) is 5.36. The summed E-state index contributed by atoms with van der Waals surface area (Å²) in [4.78, 5) is 14.6. The van der Waals surface area contributed by atoms with E-state index in [1.807, 2.05) is 0 Å². The number of ether oxygens (including phenoxy) is 1. The van der Waals surface area contributed by atoms with Crippen molar-refractivity contribution in [1.29, 1.82) is 0 Å². The van der Waals surface area contributed by atoms with Gasteiger partial charge in [-0.1, -0.05) is 65.2 Å². The zero-order valence-electron chi connectivity index (χ0n) is 18.8.